The number of hydrogen-bond acceptors (Lipinski definition) is 8. The molecule has 1 aliphatic heterocycles. The number of benzene rings is 3. The highest BCUT2D eigenvalue weighted by molar-refractivity contribution is 5.99. The van der Waals surface area contributed by atoms with Gasteiger partial charge in [0.15, 0.2) is 5.65 Å². The molecule has 0 radical (unpaired) electrons. The van der Waals surface area contributed by atoms with E-state index in [1.165, 1.54) is 44.0 Å². The standard InChI is InChI=1S/C34H31FN6O3/c1-20(41-33-29(32(36)37-19-38-33)30(39-41)23-15-24(35)17-25(16-23)43-2)31-28(26-7-3-4-8-27(26)34(42)44-31)22-11-9-21(10-12-22)18-40-13-5-6-14-40/h3-4,7-12,15-17,19-20H,5-6,13-14,18H2,1-2H3,(H2,36,37,38). The summed E-state index contributed by atoms with van der Waals surface area (Å²) in [7, 11) is 1.47. The van der Waals surface area contributed by atoms with E-state index < -0.39 is 17.5 Å². The van der Waals surface area contributed by atoms with Gasteiger partial charge in [-0.3, -0.25) is 4.90 Å². The summed E-state index contributed by atoms with van der Waals surface area (Å²) in [6, 6.07) is 19.6. The van der Waals surface area contributed by atoms with Crippen molar-refractivity contribution < 1.29 is 13.5 Å². The third kappa shape index (κ3) is 4.87. The summed E-state index contributed by atoms with van der Waals surface area (Å²) in [6.07, 6.45) is 3.83. The van der Waals surface area contributed by atoms with Crippen molar-refractivity contribution in [1.82, 2.24) is 24.6 Å². The van der Waals surface area contributed by atoms with Crippen molar-refractivity contribution in [1.29, 1.82) is 0 Å². The average molecular weight is 591 g/mol. The first-order chi connectivity index (χ1) is 21.4. The van der Waals surface area contributed by atoms with E-state index in [0.29, 0.717) is 39.2 Å². The Balaban J connectivity index is 1.40. The summed E-state index contributed by atoms with van der Waals surface area (Å²) in [6.45, 7) is 5.03. The Labute approximate surface area is 252 Å². The Hall–Kier alpha value is -5.09. The lowest BCUT2D eigenvalue weighted by atomic mass is 9.95. The van der Waals surface area contributed by atoms with E-state index in [2.05, 4.69) is 39.1 Å². The van der Waals surface area contributed by atoms with E-state index in [1.807, 2.05) is 25.1 Å². The van der Waals surface area contributed by atoms with Gasteiger partial charge in [0.2, 0.25) is 0 Å². The fourth-order valence-corrected chi connectivity index (χ4v) is 6.18. The smallest absolute Gasteiger partial charge is 0.343 e. The normalized spacial score (nSPS) is 14.4. The summed E-state index contributed by atoms with van der Waals surface area (Å²) >= 11 is 0. The maximum absolute atomic E-state index is 14.6. The van der Waals surface area contributed by atoms with Gasteiger partial charge < -0.3 is 14.9 Å². The largest absolute Gasteiger partial charge is 0.497 e. The highest BCUT2D eigenvalue weighted by Gasteiger charge is 2.27. The summed E-state index contributed by atoms with van der Waals surface area (Å²) in [5.41, 5.74) is 10.1. The molecule has 1 fully saturated rings. The van der Waals surface area contributed by atoms with E-state index >= 15 is 0 Å². The van der Waals surface area contributed by atoms with Crippen molar-refractivity contribution in [2.24, 2.45) is 0 Å². The van der Waals surface area contributed by atoms with Crippen LogP contribution >= 0.6 is 0 Å². The second-order valence-electron chi connectivity index (χ2n) is 11.2. The fraction of sp³-hybridized carbons (Fsp3) is 0.235. The van der Waals surface area contributed by atoms with Crippen LogP contribution in [0, 0.1) is 5.82 Å². The molecule has 1 aliphatic rings. The monoisotopic (exact) mass is 590 g/mol. The predicted octanol–water partition coefficient (Wildman–Crippen LogP) is 6.20. The van der Waals surface area contributed by atoms with Gasteiger partial charge in [-0.1, -0.05) is 42.5 Å². The number of nitrogens with two attached hydrogens (primary N) is 1. The second kappa shape index (κ2) is 11.2. The maximum Gasteiger partial charge on any atom is 0.343 e. The van der Waals surface area contributed by atoms with Crippen LogP contribution in [0.25, 0.3) is 44.2 Å². The number of likely N-dealkylation sites (tertiary alicyclic amines) is 1. The minimum Gasteiger partial charge on any atom is -0.497 e. The Bertz CT molecular complexity index is 2060. The zero-order valence-electron chi connectivity index (χ0n) is 24.5. The Morgan fingerprint density at radius 3 is 2.50 bits per heavy atom. The summed E-state index contributed by atoms with van der Waals surface area (Å²) < 4.78 is 27.6. The maximum atomic E-state index is 14.6. The van der Waals surface area contributed by atoms with E-state index in [1.54, 1.807) is 16.8 Å². The Kier molecular flexibility index (Phi) is 7.06. The molecule has 0 bridgehead atoms. The molecule has 2 N–H and O–H groups in total. The van der Waals surface area contributed by atoms with Gasteiger partial charge in [0, 0.05) is 29.1 Å². The number of methoxy groups -OCH3 is 1. The molecule has 0 saturated carbocycles. The molecule has 0 aliphatic carbocycles. The summed E-state index contributed by atoms with van der Waals surface area (Å²) in [4.78, 5) is 24.5. The van der Waals surface area contributed by atoms with E-state index in [-0.39, 0.29) is 5.82 Å². The van der Waals surface area contributed by atoms with Crippen molar-refractivity contribution >= 4 is 27.6 Å². The van der Waals surface area contributed by atoms with Gasteiger partial charge in [-0.25, -0.2) is 23.8 Å². The van der Waals surface area contributed by atoms with Crippen molar-refractivity contribution in [2.45, 2.75) is 32.4 Å². The molecule has 1 unspecified atom stereocenters. The van der Waals surface area contributed by atoms with Crippen LogP contribution in [0.5, 0.6) is 5.75 Å². The molecule has 222 valence electrons. The highest BCUT2D eigenvalue weighted by atomic mass is 19.1. The van der Waals surface area contributed by atoms with Crippen LogP contribution in [-0.4, -0.2) is 44.8 Å². The number of rotatable bonds is 7. The average Bonchev–Trinajstić information content (AvgIpc) is 3.70. The Morgan fingerprint density at radius 1 is 1.00 bits per heavy atom. The van der Waals surface area contributed by atoms with Crippen molar-refractivity contribution in [3.05, 3.63) is 101 Å². The molecule has 0 spiro atoms. The lowest BCUT2D eigenvalue weighted by molar-refractivity contribution is 0.331. The fourth-order valence-electron chi connectivity index (χ4n) is 6.18. The number of hydrogen-bond donors (Lipinski definition) is 1. The number of aromatic nitrogens is 4. The zero-order valence-corrected chi connectivity index (χ0v) is 24.5. The van der Waals surface area contributed by atoms with Crippen molar-refractivity contribution in [2.75, 3.05) is 25.9 Å². The Morgan fingerprint density at radius 2 is 1.75 bits per heavy atom. The first-order valence-corrected chi connectivity index (χ1v) is 14.6. The van der Waals surface area contributed by atoms with E-state index in [4.69, 9.17) is 20.0 Å². The summed E-state index contributed by atoms with van der Waals surface area (Å²) in [5, 5.41) is 6.60. The molecule has 7 rings (SSSR count). The van der Waals surface area contributed by atoms with Crippen molar-refractivity contribution in [3.63, 3.8) is 0 Å². The van der Waals surface area contributed by atoms with Gasteiger partial charge >= 0.3 is 5.63 Å². The molecule has 4 heterocycles. The number of ether oxygens (including phenoxy) is 1. The second-order valence-corrected chi connectivity index (χ2v) is 11.2. The minimum atomic E-state index is -0.604. The lowest BCUT2D eigenvalue weighted by Gasteiger charge is -2.19. The predicted molar refractivity (Wildman–Crippen MR) is 168 cm³/mol. The lowest BCUT2D eigenvalue weighted by Crippen LogP contribution is -2.18. The quantitative estimate of drug-likeness (QED) is 0.234. The third-order valence-corrected chi connectivity index (χ3v) is 8.36. The van der Waals surface area contributed by atoms with E-state index in [0.717, 1.165) is 36.1 Å². The van der Waals surface area contributed by atoms with Crippen LogP contribution in [0.2, 0.25) is 0 Å². The molecular formula is C34H31FN6O3. The number of halogens is 1. The van der Waals surface area contributed by atoms with Crippen molar-refractivity contribution in [3.8, 4) is 28.1 Å². The zero-order chi connectivity index (χ0) is 30.4. The number of nitrogens with zero attached hydrogens (tertiary/aromatic N) is 5. The van der Waals surface area contributed by atoms with Gasteiger partial charge in [-0.05, 0) is 62.2 Å². The topological polar surface area (TPSA) is 112 Å². The SMILES string of the molecule is COc1cc(F)cc(-c2nn(C(C)c3oc(=O)c4ccccc4c3-c3ccc(CN4CCCC4)cc3)c3ncnc(N)c23)c1. The van der Waals surface area contributed by atoms with Gasteiger partial charge in [-0.15, -0.1) is 0 Å². The molecular weight excluding hydrogens is 559 g/mol. The number of anilines is 1. The molecule has 1 atom stereocenters. The molecule has 1 saturated heterocycles. The molecule has 9 nitrogen and oxygen atoms in total. The van der Waals surface area contributed by atoms with Gasteiger partial charge in [-0.2, -0.15) is 5.10 Å². The molecule has 3 aromatic heterocycles. The number of nitrogen functional groups attached to an aromatic ring is 1. The van der Waals surface area contributed by atoms with Gasteiger partial charge in [0.1, 0.15) is 41.2 Å². The van der Waals surface area contributed by atoms with Crippen LogP contribution in [0.15, 0.2) is 82.3 Å². The third-order valence-electron chi connectivity index (χ3n) is 8.36. The van der Waals surface area contributed by atoms with E-state index in [9.17, 15) is 9.18 Å². The molecule has 44 heavy (non-hydrogen) atoms. The first kappa shape index (κ1) is 27.7. The highest BCUT2D eigenvalue weighted by Crippen LogP contribution is 2.39. The van der Waals surface area contributed by atoms with Crippen LogP contribution in [0.4, 0.5) is 10.2 Å². The van der Waals surface area contributed by atoms with Crippen LogP contribution < -0.4 is 16.1 Å². The first-order valence-electron chi connectivity index (χ1n) is 14.6. The summed E-state index contributed by atoms with van der Waals surface area (Å²) in [5.74, 6) is 0.468. The van der Waals surface area contributed by atoms with Gasteiger partial charge in [0.25, 0.3) is 0 Å². The van der Waals surface area contributed by atoms with Crippen LogP contribution in [0.1, 0.15) is 37.1 Å². The minimum absolute atomic E-state index is 0.195. The van der Waals surface area contributed by atoms with Gasteiger partial charge in [0.05, 0.1) is 17.9 Å². The molecule has 10 heteroatoms. The molecule has 0 amide bonds. The molecule has 6 aromatic rings. The van der Waals surface area contributed by atoms with Crippen LogP contribution in [-0.2, 0) is 6.54 Å². The molecule has 3 aromatic carbocycles. The number of fused-ring (bicyclic) bond motifs is 2. The van der Waals surface area contributed by atoms with Crippen LogP contribution in [0.3, 0.4) is 0 Å².